The Balaban J connectivity index is 2.12. The second-order valence-electron chi connectivity index (χ2n) is 4.45. The zero-order chi connectivity index (χ0) is 16.1. The smallest absolute Gasteiger partial charge is 0.267 e. The molecule has 0 aromatic heterocycles. The molecule has 2 rings (SSSR count). The summed E-state index contributed by atoms with van der Waals surface area (Å²) in [6.45, 7) is 1.62. The molecular weight excluding hydrogens is 289 g/mol. The minimum absolute atomic E-state index is 0.0584. The van der Waals surface area contributed by atoms with Crippen molar-refractivity contribution in [3.63, 3.8) is 0 Å². The number of nitro benzene ring substituents is 1. The number of nitrogens with one attached hydrogen (secondary N) is 1. The second-order valence-corrected chi connectivity index (χ2v) is 4.45. The first kappa shape index (κ1) is 15.3. The predicted molar refractivity (Wildman–Crippen MR) is 79.2 cm³/mol. The van der Waals surface area contributed by atoms with Gasteiger partial charge < -0.3 is 0 Å². The molecule has 0 saturated carbocycles. The van der Waals surface area contributed by atoms with Crippen LogP contribution in [0.1, 0.15) is 22.8 Å². The van der Waals surface area contributed by atoms with Crippen molar-refractivity contribution < 1.29 is 14.1 Å². The molecule has 0 radical (unpaired) electrons. The molecule has 1 N–H and O–H groups in total. The number of benzene rings is 2. The lowest BCUT2D eigenvalue weighted by Crippen LogP contribution is -2.19. The monoisotopic (exact) mass is 301 g/mol. The molecule has 0 saturated heterocycles. The van der Waals surface area contributed by atoms with Crippen molar-refractivity contribution in [1.82, 2.24) is 5.43 Å². The Kier molecular flexibility index (Phi) is 4.57. The van der Waals surface area contributed by atoms with Crippen LogP contribution in [0.3, 0.4) is 0 Å². The van der Waals surface area contributed by atoms with Crippen LogP contribution in [0.15, 0.2) is 53.6 Å². The molecule has 0 spiro atoms. The summed E-state index contributed by atoms with van der Waals surface area (Å²) in [5.41, 5.74) is 3.46. The first-order chi connectivity index (χ1) is 10.5. The molecule has 0 aliphatic heterocycles. The van der Waals surface area contributed by atoms with Crippen LogP contribution in [0, 0.1) is 15.9 Å². The molecule has 112 valence electrons. The van der Waals surface area contributed by atoms with Crippen molar-refractivity contribution in [2.24, 2.45) is 5.10 Å². The molecule has 2 aromatic carbocycles. The number of carbonyl (C=O) groups is 1. The normalized spacial score (nSPS) is 11.1. The molecule has 0 fully saturated rings. The molecular formula is C15H12FN3O3. The maximum atomic E-state index is 12.8. The van der Waals surface area contributed by atoms with E-state index >= 15 is 0 Å². The summed E-state index contributed by atoms with van der Waals surface area (Å²) < 4.78 is 12.8. The first-order valence-corrected chi connectivity index (χ1v) is 6.32. The van der Waals surface area contributed by atoms with Crippen LogP contribution in [-0.2, 0) is 0 Å². The van der Waals surface area contributed by atoms with Gasteiger partial charge in [-0.3, -0.25) is 14.9 Å². The van der Waals surface area contributed by atoms with E-state index in [9.17, 15) is 19.3 Å². The van der Waals surface area contributed by atoms with E-state index in [1.54, 1.807) is 13.0 Å². The van der Waals surface area contributed by atoms with Gasteiger partial charge in [-0.1, -0.05) is 12.1 Å². The van der Waals surface area contributed by atoms with Crippen molar-refractivity contribution in [2.45, 2.75) is 6.92 Å². The van der Waals surface area contributed by atoms with Gasteiger partial charge in [0.05, 0.1) is 10.6 Å². The number of nitrogens with zero attached hydrogens (tertiary/aromatic N) is 2. The lowest BCUT2D eigenvalue weighted by atomic mass is 10.1. The number of hydrogen-bond donors (Lipinski definition) is 1. The van der Waals surface area contributed by atoms with Gasteiger partial charge in [0.15, 0.2) is 0 Å². The SMILES string of the molecule is C/C(=N\NC(=O)c1ccc(F)cc1)c1cccc([N+](=O)[O-])c1. The summed E-state index contributed by atoms with van der Waals surface area (Å²) >= 11 is 0. The molecule has 0 aliphatic carbocycles. The average molecular weight is 301 g/mol. The number of carbonyl (C=O) groups excluding carboxylic acids is 1. The van der Waals surface area contributed by atoms with E-state index in [0.717, 1.165) is 0 Å². The van der Waals surface area contributed by atoms with E-state index in [-0.39, 0.29) is 11.3 Å². The van der Waals surface area contributed by atoms with Crippen LogP contribution >= 0.6 is 0 Å². The number of nitro groups is 1. The Bertz CT molecular complexity index is 742. The van der Waals surface area contributed by atoms with Crippen molar-refractivity contribution >= 4 is 17.3 Å². The third-order valence-electron chi connectivity index (χ3n) is 2.91. The van der Waals surface area contributed by atoms with Crippen LogP contribution in [0.4, 0.5) is 10.1 Å². The minimum atomic E-state index is -0.506. The maximum Gasteiger partial charge on any atom is 0.271 e. The van der Waals surface area contributed by atoms with E-state index in [0.29, 0.717) is 11.3 Å². The summed E-state index contributed by atoms with van der Waals surface area (Å²) in [6, 6.07) is 10.9. The van der Waals surface area contributed by atoms with Gasteiger partial charge in [-0.15, -0.1) is 0 Å². The molecule has 22 heavy (non-hydrogen) atoms. The zero-order valence-electron chi connectivity index (χ0n) is 11.6. The Morgan fingerprint density at radius 3 is 2.50 bits per heavy atom. The lowest BCUT2D eigenvalue weighted by Gasteiger charge is -2.03. The highest BCUT2D eigenvalue weighted by molar-refractivity contribution is 6.01. The number of rotatable bonds is 4. The standard InChI is InChI=1S/C15H12FN3O3/c1-10(12-3-2-4-14(9-12)19(21)22)17-18-15(20)11-5-7-13(16)8-6-11/h2-9H,1H3,(H,18,20)/b17-10+. The van der Waals surface area contributed by atoms with Gasteiger partial charge in [0.25, 0.3) is 11.6 Å². The molecule has 0 heterocycles. The maximum absolute atomic E-state index is 12.8. The summed E-state index contributed by atoms with van der Waals surface area (Å²) in [4.78, 5) is 22.0. The molecule has 7 heteroatoms. The van der Waals surface area contributed by atoms with Gasteiger partial charge in [0, 0.05) is 23.3 Å². The Hall–Kier alpha value is -3.09. The minimum Gasteiger partial charge on any atom is -0.267 e. The van der Waals surface area contributed by atoms with Gasteiger partial charge in [-0.25, -0.2) is 9.82 Å². The van der Waals surface area contributed by atoms with Crippen molar-refractivity contribution in [2.75, 3.05) is 0 Å². The zero-order valence-corrected chi connectivity index (χ0v) is 11.6. The van der Waals surface area contributed by atoms with Gasteiger partial charge in [-0.2, -0.15) is 5.10 Å². The molecule has 1 amide bonds. The number of halogens is 1. The molecule has 2 aromatic rings. The molecule has 0 atom stereocenters. The Morgan fingerprint density at radius 1 is 1.18 bits per heavy atom. The van der Waals surface area contributed by atoms with Crippen LogP contribution in [-0.4, -0.2) is 16.5 Å². The highest BCUT2D eigenvalue weighted by Gasteiger charge is 2.08. The summed E-state index contributed by atoms with van der Waals surface area (Å²) in [5, 5.41) is 14.6. The number of non-ortho nitro benzene ring substituents is 1. The number of amides is 1. The van der Waals surface area contributed by atoms with Crippen molar-refractivity contribution in [3.05, 3.63) is 75.6 Å². The van der Waals surface area contributed by atoms with Crippen LogP contribution in [0.5, 0.6) is 0 Å². The van der Waals surface area contributed by atoms with Crippen LogP contribution in [0.2, 0.25) is 0 Å². The van der Waals surface area contributed by atoms with E-state index in [1.165, 1.54) is 42.5 Å². The van der Waals surface area contributed by atoms with E-state index in [4.69, 9.17) is 0 Å². The lowest BCUT2D eigenvalue weighted by molar-refractivity contribution is -0.384. The van der Waals surface area contributed by atoms with Crippen LogP contribution in [0.25, 0.3) is 0 Å². The van der Waals surface area contributed by atoms with Crippen LogP contribution < -0.4 is 5.43 Å². The largest absolute Gasteiger partial charge is 0.271 e. The highest BCUT2D eigenvalue weighted by atomic mass is 19.1. The Labute approximate surface area is 125 Å². The molecule has 0 aliphatic rings. The highest BCUT2D eigenvalue weighted by Crippen LogP contribution is 2.13. The third-order valence-corrected chi connectivity index (χ3v) is 2.91. The molecule has 0 unspecified atom stereocenters. The number of hydrogen-bond acceptors (Lipinski definition) is 4. The first-order valence-electron chi connectivity index (χ1n) is 6.32. The van der Waals surface area contributed by atoms with Gasteiger partial charge in [0.1, 0.15) is 5.82 Å². The summed E-state index contributed by atoms with van der Waals surface area (Å²) in [6.07, 6.45) is 0. The topological polar surface area (TPSA) is 84.6 Å². The van der Waals surface area contributed by atoms with Gasteiger partial charge in [-0.05, 0) is 31.2 Å². The Morgan fingerprint density at radius 2 is 1.86 bits per heavy atom. The number of hydrazone groups is 1. The third kappa shape index (κ3) is 3.72. The molecule has 0 bridgehead atoms. The summed E-state index contributed by atoms with van der Waals surface area (Å²) in [5.74, 6) is -0.933. The fraction of sp³-hybridized carbons (Fsp3) is 0.0667. The fourth-order valence-electron chi connectivity index (χ4n) is 1.71. The van der Waals surface area contributed by atoms with Gasteiger partial charge >= 0.3 is 0 Å². The van der Waals surface area contributed by atoms with Crippen molar-refractivity contribution in [1.29, 1.82) is 0 Å². The van der Waals surface area contributed by atoms with Gasteiger partial charge in [0.2, 0.25) is 0 Å². The van der Waals surface area contributed by atoms with Crippen molar-refractivity contribution in [3.8, 4) is 0 Å². The second kappa shape index (κ2) is 6.57. The van der Waals surface area contributed by atoms with E-state index in [2.05, 4.69) is 10.5 Å². The van der Waals surface area contributed by atoms with E-state index in [1.807, 2.05) is 0 Å². The quantitative estimate of drug-likeness (QED) is 0.535. The molecule has 6 nitrogen and oxygen atoms in total. The average Bonchev–Trinajstić information content (AvgIpc) is 2.53. The fourth-order valence-corrected chi connectivity index (χ4v) is 1.71. The summed E-state index contributed by atoms with van der Waals surface area (Å²) in [7, 11) is 0. The van der Waals surface area contributed by atoms with E-state index < -0.39 is 16.6 Å². The predicted octanol–water partition coefficient (Wildman–Crippen LogP) is 2.89.